The fraction of sp³-hybridized carbons (Fsp3) is 0.765. The van der Waals surface area contributed by atoms with E-state index in [0.717, 1.165) is 64.5 Å². The van der Waals surface area contributed by atoms with Crippen LogP contribution in [0.2, 0.25) is 0 Å². The second kappa shape index (κ2) is 10.6. The quantitative estimate of drug-likeness (QED) is 0.269. The Bertz CT molecular complexity index is 1140. The van der Waals surface area contributed by atoms with Crippen molar-refractivity contribution in [1.82, 2.24) is 5.48 Å². The number of aliphatic hydroxyl groups excluding tert-OH is 1. The molecule has 6 aliphatic rings. The van der Waals surface area contributed by atoms with Crippen molar-refractivity contribution in [1.29, 1.82) is 0 Å². The highest BCUT2D eigenvalue weighted by Gasteiger charge is 2.64. The van der Waals surface area contributed by atoms with Gasteiger partial charge in [-0.05, 0) is 111 Å². The van der Waals surface area contributed by atoms with Gasteiger partial charge in [0, 0.05) is 49.7 Å². The molecule has 3 saturated carbocycles. The fourth-order valence-corrected chi connectivity index (χ4v) is 10.5. The second-order valence-corrected chi connectivity index (χ2v) is 14.4. The van der Waals surface area contributed by atoms with Gasteiger partial charge in [-0.25, -0.2) is 0 Å². The Kier molecular flexibility index (Phi) is 7.32. The molecule has 2 heterocycles. The summed E-state index contributed by atoms with van der Waals surface area (Å²) in [4.78, 5) is 2.52. The summed E-state index contributed by atoms with van der Waals surface area (Å²) in [6.45, 7) is 6.03. The highest BCUT2D eigenvalue weighted by atomic mass is 16.7. The first-order valence-electron chi connectivity index (χ1n) is 16.5. The number of benzene rings is 1. The minimum Gasteiger partial charge on any atom is -0.396 e. The minimum absolute atomic E-state index is 0.120. The molecule has 2 aliphatic heterocycles. The maximum absolute atomic E-state index is 12.3. The van der Waals surface area contributed by atoms with Crippen LogP contribution in [0.3, 0.4) is 0 Å². The molecule has 0 bridgehead atoms. The lowest BCUT2D eigenvalue weighted by atomic mass is 9.49. The molecule has 6 atom stereocenters. The van der Waals surface area contributed by atoms with Gasteiger partial charge in [0.15, 0.2) is 5.79 Å². The lowest BCUT2D eigenvalue weighted by molar-refractivity contribution is -0.208. The van der Waals surface area contributed by atoms with Gasteiger partial charge < -0.3 is 29.8 Å². The van der Waals surface area contributed by atoms with Crippen LogP contribution in [0.5, 0.6) is 0 Å². The SMILES string of the molecule is C[C@]12C[C@H](c3ccc(N4CCCCC4)cc3)C3=C4CCC5(C[C@]4(O)CC[C@H]3[C@@H]1CC[C@]2(CCCO)NO)OCCO5. The van der Waals surface area contributed by atoms with E-state index in [9.17, 15) is 15.4 Å². The predicted molar refractivity (Wildman–Crippen MR) is 158 cm³/mol. The molecular weight excluding hydrogens is 516 g/mol. The number of fused-ring (bicyclic) bond motifs is 4. The van der Waals surface area contributed by atoms with Gasteiger partial charge in [-0.15, -0.1) is 0 Å². The number of rotatable bonds is 6. The summed E-state index contributed by atoms with van der Waals surface area (Å²) in [6.07, 6.45) is 12.1. The van der Waals surface area contributed by atoms with E-state index in [1.54, 1.807) is 0 Å². The molecule has 41 heavy (non-hydrogen) atoms. The molecule has 7 rings (SSSR count). The molecule has 1 aromatic rings. The number of allylic oxidation sites excluding steroid dienone is 1. The van der Waals surface area contributed by atoms with Gasteiger partial charge >= 0.3 is 0 Å². The molecule has 4 N–H and O–H groups in total. The van der Waals surface area contributed by atoms with Gasteiger partial charge in [-0.3, -0.25) is 0 Å². The standard InChI is InChI=1S/C34H50N2O5/c1-31-22-27(24-6-8-25(9-7-24)36-17-3-2-4-18-36)30-26(28(31)11-15-33(31,35-39)13-5-19-37)10-14-32(38)23-34(16-12-29(30)32)40-20-21-41-34/h6-9,26-28,35,37-39H,2-5,10-23H2,1H3/t26-,27+,28-,31-,32+,33-/m0/s1. The van der Waals surface area contributed by atoms with Crippen molar-refractivity contribution in [3.63, 3.8) is 0 Å². The van der Waals surface area contributed by atoms with Gasteiger partial charge in [0.2, 0.25) is 0 Å². The Morgan fingerprint density at radius 1 is 1.00 bits per heavy atom. The summed E-state index contributed by atoms with van der Waals surface area (Å²) in [5.74, 6) is 0.387. The van der Waals surface area contributed by atoms with Crippen molar-refractivity contribution in [3.8, 4) is 0 Å². The molecule has 7 nitrogen and oxygen atoms in total. The number of nitrogens with one attached hydrogen (secondary N) is 1. The summed E-state index contributed by atoms with van der Waals surface area (Å²) in [5, 5.41) is 32.8. The molecule has 7 heteroatoms. The van der Waals surface area contributed by atoms with Crippen LogP contribution in [-0.2, 0) is 9.47 Å². The molecule has 0 radical (unpaired) electrons. The average Bonchev–Trinajstić information content (AvgIpc) is 3.57. The highest BCUT2D eigenvalue weighted by molar-refractivity contribution is 5.51. The largest absolute Gasteiger partial charge is 0.396 e. The Labute approximate surface area is 245 Å². The molecule has 2 saturated heterocycles. The number of ether oxygens (including phenoxy) is 2. The van der Waals surface area contributed by atoms with Crippen LogP contribution in [0.1, 0.15) is 102 Å². The fourth-order valence-electron chi connectivity index (χ4n) is 10.5. The molecule has 1 aromatic carbocycles. The van der Waals surface area contributed by atoms with Gasteiger partial charge in [0.05, 0.1) is 18.8 Å². The van der Waals surface area contributed by atoms with E-state index in [1.807, 2.05) is 0 Å². The summed E-state index contributed by atoms with van der Waals surface area (Å²) >= 11 is 0. The molecule has 226 valence electrons. The van der Waals surface area contributed by atoms with Crippen molar-refractivity contribution in [2.45, 2.75) is 113 Å². The molecular formula is C34H50N2O5. The van der Waals surface area contributed by atoms with Crippen LogP contribution < -0.4 is 10.4 Å². The third-order valence-corrected chi connectivity index (χ3v) is 12.6. The van der Waals surface area contributed by atoms with Gasteiger partial charge in [0.25, 0.3) is 0 Å². The molecule has 0 amide bonds. The first-order valence-corrected chi connectivity index (χ1v) is 16.5. The van der Waals surface area contributed by atoms with Crippen molar-refractivity contribution in [2.75, 3.05) is 37.8 Å². The smallest absolute Gasteiger partial charge is 0.171 e. The number of hydrogen-bond donors (Lipinski definition) is 4. The Balaban J connectivity index is 1.30. The van der Waals surface area contributed by atoms with Gasteiger partial charge in [-0.1, -0.05) is 24.6 Å². The van der Waals surface area contributed by atoms with Crippen LogP contribution in [0.4, 0.5) is 5.69 Å². The number of piperidine rings is 1. The molecule has 0 unspecified atom stereocenters. The lowest BCUT2D eigenvalue weighted by Crippen LogP contribution is -2.59. The summed E-state index contributed by atoms with van der Waals surface area (Å²) in [6, 6.07) is 9.33. The van der Waals surface area contributed by atoms with E-state index in [0.29, 0.717) is 37.9 Å². The lowest BCUT2D eigenvalue weighted by Gasteiger charge is -2.58. The first-order chi connectivity index (χ1) is 19.9. The van der Waals surface area contributed by atoms with E-state index in [1.165, 1.54) is 41.7 Å². The minimum atomic E-state index is -0.879. The monoisotopic (exact) mass is 566 g/mol. The highest BCUT2D eigenvalue weighted by Crippen LogP contribution is 2.68. The number of aliphatic hydroxyl groups is 2. The number of anilines is 1. The van der Waals surface area contributed by atoms with Crippen molar-refractivity contribution in [2.24, 2.45) is 17.3 Å². The van der Waals surface area contributed by atoms with Crippen LogP contribution in [-0.4, -0.2) is 65.3 Å². The number of nitrogens with zero attached hydrogens (tertiary/aromatic N) is 1. The van der Waals surface area contributed by atoms with Crippen molar-refractivity contribution < 1.29 is 24.9 Å². The topological polar surface area (TPSA) is 94.4 Å². The second-order valence-electron chi connectivity index (χ2n) is 14.4. The Morgan fingerprint density at radius 3 is 2.46 bits per heavy atom. The van der Waals surface area contributed by atoms with E-state index in [-0.39, 0.29) is 17.9 Å². The number of hydrogen-bond acceptors (Lipinski definition) is 7. The van der Waals surface area contributed by atoms with Crippen molar-refractivity contribution >= 4 is 5.69 Å². The summed E-state index contributed by atoms with van der Waals surface area (Å²) in [5.41, 5.74) is 6.83. The van der Waals surface area contributed by atoms with E-state index < -0.39 is 16.9 Å². The summed E-state index contributed by atoms with van der Waals surface area (Å²) < 4.78 is 12.2. The Hall–Kier alpha value is -1.48. The molecule has 5 fully saturated rings. The van der Waals surface area contributed by atoms with E-state index >= 15 is 0 Å². The molecule has 0 aromatic heterocycles. The van der Waals surface area contributed by atoms with Gasteiger partial charge in [-0.2, -0.15) is 5.48 Å². The maximum Gasteiger partial charge on any atom is 0.171 e. The van der Waals surface area contributed by atoms with E-state index in [2.05, 4.69) is 41.6 Å². The zero-order valence-corrected chi connectivity index (χ0v) is 24.9. The average molecular weight is 567 g/mol. The summed E-state index contributed by atoms with van der Waals surface area (Å²) in [7, 11) is 0. The van der Waals surface area contributed by atoms with Crippen LogP contribution in [0, 0.1) is 17.3 Å². The number of hydroxylamine groups is 1. The van der Waals surface area contributed by atoms with Gasteiger partial charge in [0.1, 0.15) is 0 Å². The maximum atomic E-state index is 12.3. The first kappa shape index (κ1) is 28.3. The predicted octanol–water partition coefficient (Wildman–Crippen LogP) is 5.44. The van der Waals surface area contributed by atoms with Crippen LogP contribution >= 0.6 is 0 Å². The Morgan fingerprint density at radius 2 is 1.76 bits per heavy atom. The third kappa shape index (κ3) is 4.44. The van der Waals surface area contributed by atoms with E-state index in [4.69, 9.17) is 9.47 Å². The molecule has 4 aliphatic carbocycles. The molecule has 1 spiro atoms. The van der Waals surface area contributed by atoms with Crippen LogP contribution in [0.15, 0.2) is 35.4 Å². The zero-order valence-electron chi connectivity index (χ0n) is 24.9. The van der Waals surface area contributed by atoms with Crippen LogP contribution in [0.25, 0.3) is 0 Å². The normalized spacial score (nSPS) is 40.0. The van der Waals surface area contributed by atoms with Crippen molar-refractivity contribution in [3.05, 3.63) is 41.0 Å². The third-order valence-electron chi connectivity index (χ3n) is 12.6. The zero-order chi connectivity index (χ0) is 28.3.